The summed E-state index contributed by atoms with van der Waals surface area (Å²) in [7, 11) is 2.04. The lowest BCUT2D eigenvalue weighted by atomic mass is 9.97. The number of hydrogen-bond donors (Lipinski definition) is 1. The molecular formula is C11H18N2OS. The van der Waals surface area contributed by atoms with Gasteiger partial charge in [-0.2, -0.15) is 0 Å². The van der Waals surface area contributed by atoms with Crippen LogP contribution in [-0.2, 0) is 11.2 Å². The maximum Gasteiger partial charge on any atom is 0.0794 e. The summed E-state index contributed by atoms with van der Waals surface area (Å²) < 4.78 is 5.40. The van der Waals surface area contributed by atoms with Gasteiger partial charge in [-0.25, -0.2) is 0 Å². The van der Waals surface area contributed by atoms with E-state index in [1.54, 1.807) is 11.3 Å². The second-order valence-electron chi connectivity index (χ2n) is 4.12. The summed E-state index contributed by atoms with van der Waals surface area (Å²) in [5.74, 6) is 0.746. The molecule has 2 rings (SSSR count). The van der Waals surface area contributed by atoms with Crippen LogP contribution in [0.25, 0.3) is 0 Å². The van der Waals surface area contributed by atoms with Crippen LogP contribution in [0.3, 0.4) is 0 Å². The van der Waals surface area contributed by atoms with E-state index in [-0.39, 0.29) is 0 Å². The van der Waals surface area contributed by atoms with E-state index in [9.17, 15) is 0 Å². The van der Waals surface area contributed by atoms with Crippen LogP contribution in [0.4, 0.5) is 0 Å². The van der Waals surface area contributed by atoms with Crippen LogP contribution in [0.5, 0.6) is 0 Å². The summed E-state index contributed by atoms with van der Waals surface area (Å²) in [6.07, 6.45) is 5.51. The molecule has 1 fully saturated rings. The highest BCUT2D eigenvalue weighted by molar-refractivity contribution is 7.09. The smallest absolute Gasteiger partial charge is 0.0794 e. The van der Waals surface area contributed by atoms with Crippen LogP contribution >= 0.6 is 11.3 Å². The first-order chi connectivity index (χ1) is 7.38. The molecule has 1 aromatic heterocycles. The van der Waals surface area contributed by atoms with Crippen molar-refractivity contribution in [1.29, 1.82) is 0 Å². The van der Waals surface area contributed by atoms with Crippen molar-refractivity contribution in [3.63, 3.8) is 0 Å². The van der Waals surface area contributed by atoms with Gasteiger partial charge in [0.1, 0.15) is 0 Å². The Morgan fingerprint density at radius 3 is 3.27 bits per heavy atom. The Morgan fingerprint density at radius 1 is 1.73 bits per heavy atom. The molecule has 3 nitrogen and oxygen atoms in total. The Hall–Kier alpha value is -0.450. The lowest BCUT2D eigenvalue weighted by Gasteiger charge is -2.18. The molecule has 1 aliphatic rings. The van der Waals surface area contributed by atoms with E-state index >= 15 is 0 Å². The van der Waals surface area contributed by atoms with E-state index in [2.05, 4.69) is 10.3 Å². The van der Waals surface area contributed by atoms with Gasteiger partial charge in [-0.05, 0) is 32.2 Å². The molecule has 1 aromatic rings. The second-order valence-corrected chi connectivity index (χ2v) is 5.09. The molecule has 0 bridgehead atoms. The zero-order chi connectivity index (χ0) is 10.5. The standard InChI is InChI=1S/C11H18N2OS/c1-12-10(4-9-2-3-14-7-9)5-11-6-13-8-15-11/h6,8-10,12H,2-5,7H2,1H3. The first-order valence-corrected chi connectivity index (χ1v) is 6.39. The van der Waals surface area contributed by atoms with Crippen LogP contribution in [-0.4, -0.2) is 31.3 Å². The number of ether oxygens (including phenoxy) is 1. The second kappa shape index (κ2) is 5.58. The Morgan fingerprint density at radius 2 is 2.67 bits per heavy atom. The first kappa shape index (κ1) is 11.0. The Bertz CT molecular complexity index is 270. The van der Waals surface area contributed by atoms with E-state index in [0.717, 1.165) is 25.6 Å². The fourth-order valence-corrected chi connectivity index (χ4v) is 2.74. The Kier molecular flexibility index (Phi) is 4.11. The molecule has 0 aromatic carbocycles. The molecule has 0 radical (unpaired) electrons. The minimum atomic E-state index is 0.567. The predicted molar refractivity (Wildman–Crippen MR) is 62.2 cm³/mol. The number of thiazole rings is 1. The largest absolute Gasteiger partial charge is 0.381 e. The van der Waals surface area contributed by atoms with Gasteiger partial charge in [-0.3, -0.25) is 4.98 Å². The van der Waals surface area contributed by atoms with Gasteiger partial charge < -0.3 is 10.1 Å². The van der Waals surface area contributed by atoms with Gasteiger partial charge in [0.2, 0.25) is 0 Å². The summed E-state index contributed by atoms with van der Waals surface area (Å²) in [5.41, 5.74) is 1.90. The van der Waals surface area contributed by atoms with Gasteiger partial charge in [0, 0.05) is 30.3 Å². The number of nitrogens with one attached hydrogen (secondary N) is 1. The normalized spacial score (nSPS) is 23.1. The van der Waals surface area contributed by atoms with Crippen molar-refractivity contribution in [2.75, 3.05) is 20.3 Å². The van der Waals surface area contributed by atoms with E-state index in [0.29, 0.717) is 6.04 Å². The Labute approximate surface area is 94.9 Å². The van der Waals surface area contributed by atoms with Gasteiger partial charge in [-0.1, -0.05) is 0 Å². The topological polar surface area (TPSA) is 34.2 Å². The van der Waals surface area contributed by atoms with E-state index in [4.69, 9.17) is 4.74 Å². The molecule has 0 amide bonds. The lowest BCUT2D eigenvalue weighted by Crippen LogP contribution is -2.30. The average molecular weight is 226 g/mol. The molecule has 2 unspecified atom stereocenters. The molecular weight excluding hydrogens is 208 g/mol. The van der Waals surface area contributed by atoms with Gasteiger partial charge >= 0.3 is 0 Å². The molecule has 1 aliphatic heterocycles. The fourth-order valence-electron chi connectivity index (χ4n) is 2.06. The van der Waals surface area contributed by atoms with Crippen LogP contribution < -0.4 is 5.32 Å². The zero-order valence-corrected chi connectivity index (χ0v) is 9.93. The molecule has 2 atom stereocenters. The minimum Gasteiger partial charge on any atom is -0.381 e. The zero-order valence-electron chi connectivity index (χ0n) is 9.11. The Balaban J connectivity index is 1.81. The van der Waals surface area contributed by atoms with Crippen molar-refractivity contribution in [2.45, 2.75) is 25.3 Å². The lowest BCUT2D eigenvalue weighted by molar-refractivity contribution is 0.181. The average Bonchev–Trinajstić information content (AvgIpc) is 2.89. The molecule has 1 N–H and O–H groups in total. The van der Waals surface area contributed by atoms with Crippen molar-refractivity contribution in [3.05, 3.63) is 16.6 Å². The maximum absolute atomic E-state index is 5.40. The van der Waals surface area contributed by atoms with Crippen molar-refractivity contribution >= 4 is 11.3 Å². The monoisotopic (exact) mass is 226 g/mol. The molecule has 84 valence electrons. The van der Waals surface area contributed by atoms with Crippen molar-refractivity contribution in [2.24, 2.45) is 5.92 Å². The van der Waals surface area contributed by atoms with Crippen LogP contribution in [0.15, 0.2) is 11.7 Å². The highest BCUT2D eigenvalue weighted by Crippen LogP contribution is 2.20. The maximum atomic E-state index is 5.40. The highest BCUT2D eigenvalue weighted by Gasteiger charge is 2.20. The predicted octanol–water partition coefficient (Wildman–Crippen LogP) is 1.70. The van der Waals surface area contributed by atoms with E-state index in [1.165, 1.54) is 17.7 Å². The molecule has 15 heavy (non-hydrogen) atoms. The third-order valence-corrected chi connectivity index (χ3v) is 3.78. The molecule has 0 aliphatic carbocycles. The van der Waals surface area contributed by atoms with Crippen molar-refractivity contribution < 1.29 is 4.74 Å². The van der Waals surface area contributed by atoms with Crippen molar-refractivity contribution in [1.82, 2.24) is 10.3 Å². The quantitative estimate of drug-likeness (QED) is 0.830. The minimum absolute atomic E-state index is 0.567. The number of nitrogens with zero attached hydrogens (tertiary/aromatic N) is 1. The first-order valence-electron chi connectivity index (χ1n) is 5.51. The molecule has 2 heterocycles. The number of aromatic nitrogens is 1. The summed E-state index contributed by atoms with van der Waals surface area (Å²) in [4.78, 5) is 5.48. The van der Waals surface area contributed by atoms with Crippen LogP contribution in [0.1, 0.15) is 17.7 Å². The summed E-state index contributed by atoms with van der Waals surface area (Å²) in [6, 6.07) is 0.567. The third kappa shape index (κ3) is 3.26. The highest BCUT2D eigenvalue weighted by atomic mass is 32.1. The summed E-state index contributed by atoms with van der Waals surface area (Å²) in [5, 5.41) is 3.39. The SMILES string of the molecule is CNC(Cc1cncs1)CC1CCOC1. The summed E-state index contributed by atoms with van der Waals surface area (Å²) >= 11 is 1.74. The van der Waals surface area contributed by atoms with Gasteiger partial charge in [0.15, 0.2) is 0 Å². The number of likely N-dealkylation sites (N-methyl/N-ethyl adjacent to an activating group) is 1. The van der Waals surface area contributed by atoms with E-state index in [1.807, 2.05) is 18.8 Å². The molecule has 1 saturated heterocycles. The van der Waals surface area contributed by atoms with Crippen LogP contribution in [0, 0.1) is 5.92 Å². The van der Waals surface area contributed by atoms with Crippen molar-refractivity contribution in [3.8, 4) is 0 Å². The third-order valence-electron chi connectivity index (χ3n) is 2.98. The van der Waals surface area contributed by atoms with Crippen LogP contribution in [0.2, 0.25) is 0 Å². The van der Waals surface area contributed by atoms with Gasteiger partial charge in [0.05, 0.1) is 5.51 Å². The molecule has 0 saturated carbocycles. The summed E-state index contributed by atoms with van der Waals surface area (Å²) in [6.45, 7) is 1.89. The number of rotatable bonds is 5. The van der Waals surface area contributed by atoms with E-state index < -0.39 is 0 Å². The molecule has 4 heteroatoms. The molecule has 0 spiro atoms. The van der Waals surface area contributed by atoms with Gasteiger partial charge in [0.25, 0.3) is 0 Å². The van der Waals surface area contributed by atoms with Gasteiger partial charge in [-0.15, -0.1) is 11.3 Å². The fraction of sp³-hybridized carbons (Fsp3) is 0.727. The number of hydrogen-bond acceptors (Lipinski definition) is 4.